The van der Waals surface area contributed by atoms with E-state index >= 15 is 0 Å². The Kier molecular flexibility index (Phi) is 6.49. The fourth-order valence-corrected chi connectivity index (χ4v) is 2.51. The van der Waals surface area contributed by atoms with Gasteiger partial charge in [-0.15, -0.1) is 0 Å². The van der Waals surface area contributed by atoms with Crippen molar-refractivity contribution < 1.29 is 13.2 Å². The van der Waals surface area contributed by atoms with Crippen LogP contribution in [0.25, 0.3) is 0 Å². The highest BCUT2D eigenvalue weighted by molar-refractivity contribution is 5.20. The minimum atomic E-state index is -4.10. The van der Waals surface area contributed by atoms with Gasteiger partial charge in [0.25, 0.3) is 0 Å². The maximum atomic E-state index is 12.3. The highest BCUT2D eigenvalue weighted by Crippen LogP contribution is 2.25. The summed E-state index contributed by atoms with van der Waals surface area (Å²) in [5, 5.41) is 3.22. The Morgan fingerprint density at radius 3 is 2.25 bits per heavy atom. The van der Waals surface area contributed by atoms with Crippen LogP contribution in [-0.4, -0.2) is 37.8 Å². The van der Waals surface area contributed by atoms with Gasteiger partial charge in [0.2, 0.25) is 0 Å². The molecule has 0 bridgehead atoms. The maximum Gasteiger partial charge on any atom is 0.390 e. The lowest BCUT2D eigenvalue weighted by Gasteiger charge is -2.34. The van der Waals surface area contributed by atoms with Gasteiger partial charge in [0.15, 0.2) is 0 Å². The van der Waals surface area contributed by atoms with E-state index in [0.29, 0.717) is 0 Å². The number of alkyl halides is 3. The molecule has 2 atom stereocenters. The van der Waals surface area contributed by atoms with Gasteiger partial charge in [-0.1, -0.05) is 37.3 Å². The molecule has 0 aliphatic rings. The highest BCUT2D eigenvalue weighted by Gasteiger charge is 2.30. The molecule has 0 saturated heterocycles. The van der Waals surface area contributed by atoms with Crippen LogP contribution >= 0.6 is 0 Å². The fourth-order valence-electron chi connectivity index (χ4n) is 2.51. The molecular weight excluding hydrogens is 265 g/mol. The first-order chi connectivity index (χ1) is 9.39. The monoisotopic (exact) mass is 288 g/mol. The SMILES string of the molecule is CCC(C(NC)c1ccccc1)N(C)CCC(F)(F)F. The first kappa shape index (κ1) is 17.0. The van der Waals surface area contributed by atoms with Gasteiger partial charge >= 0.3 is 6.18 Å². The normalized spacial score (nSPS) is 15.3. The lowest BCUT2D eigenvalue weighted by atomic mass is 9.96. The smallest absolute Gasteiger partial charge is 0.312 e. The molecule has 1 rings (SSSR count). The van der Waals surface area contributed by atoms with Crippen molar-refractivity contribution in [3.05, 3.63) is 35.9 Å². The Morgan fingerprint density at radius 2 is 1.80 bits per heavy atom. The van der Waals surface area contributed by atoms with Crippen LogP contribution in [0, 0.1) is 0 Å². The summed E-state index contributed by atoms with van der Waals surface area (Å²) in [7, 11) is 3.60. The van der Waals surface area contributed by atoms with Crippen molar-refractivity contribution in [1.82, 2.24) is 10.2 Å². The zero-order valence-corrected chi connectivity index (χ0v) is 12.2. The number of halogens is 3. The van der Waals surface area contributed by atoms with E-state index in [0.717, 1.165) is 12.0 Å². The van der Waals surface area contributed by atoms with Gasteiger partial charge in [0, 0.05) is 18.6 Å². The molecular formula is C15H23F3N2. The molecule has 0 spiro atoms. The molecule has 114 valence electrons. The zero-order chi connectivity index (χ0) is 15.2. The molecule has 1 aromatic carbocycles. The third kappa shape index (κ3) is 5.13. The van der Waals surface area contributed by atoms with Crippen molar-refractivity contribution in [2.75, 3.05) is 20.6 Å². The summed E-state index contributed by atoms with van der Waals surface area (Å²) in [6.45, 7) is 2.02. The Hall–Kier alpha value is -1.07. The average Bonchev–Trinajstić information content (AvgIpc) is 2.42. The first-order valence-corrected chi connectivity index (χ1v) is 6.88. The van der Waals surface area contributed by atoms with Crippen molar-refractivity contribution in [1.29, 1.82) is 0 Å². The Labute approximate surface area is 119 Å². The highest BCUT2D eigenvalue weighted by atomic mass is 19.4. The molecule has 0 aliphatic heterocycles. The van der Waals surface area contributed by atoms with Crippen molar-refractivity contribution in [2.24, 2.45) is 0 Å². The van der Waals surface area contributed by atoms with Crippen LogP contribution < -0.4 is 5.32 Å². The summed E-state index contributed by atoms with van der Waals surface area (Å²) in [6, 6.07) is 9.89. The quantitative estimate of drug-likeness (QED) is 0.824. The molecule has 20 heavy (non-hydrogen) atoms. The lowest BCUT2D eigenvalue weighted by molar-refractivity contribution is -0.138. The fraction of sp³-hybridized carbons (Fsp3) is 0.600. The molecule has 0 saturated carbocycles. The minimum absolute atomic E-state index is 0.0209. The molecule has 1 N–H and O–H groups in total. The summed E-state index contributed by atoms with van der Waals surface area (Å²) in [4.78, 5) is 1.79. The van der Waals surface area contributed by atoms with Gasteiger partial charge in [-0.05, 0) is 26.1 Å². The summed E-state index contributed by atoms with van der Waals surface area (Å²) in [5.41, 5.74) is 1.10. The van der Waals surface area contributed by atoms with Crippen molar-refractivity contribution in [3.8, 4) is 0 Å². The molecule has 0 fully saturated rings. The van der Waals surface area contributed by atoms with Crippen molar-refractivity contribution in [2.45, 2.75) is 38.0 Å². The van der Waals surface area contributed by atoms with Gasteiger partial charge in [-0.25, -0.2) is 0 Å². The number of hydrogen-bond donors (Lipinski definition) is 1. The molecule has 0 amide bonds. The standard InChI is InChI=1S/C15H23F3N2/c1-4-13(20(3)11-10-15(16,17)18)14(19-2)12-8-6-5-7-9-12/h5-9,13-14,19H,4,10-11H2,1-3H3. The summed E-state index contributed by atoms with van der Waals surface area (Å²) >= 11 is 0. The molecule has 2 nitrogen and oxygen atoms in total. The maximum absolute atomic E-state index is 12.3. The van der Waals surface area contributed by atoms with Gasteiger partial charge in [-0.2, -0.15) is 13.2 Å². The van der Waals surface area contributed by atoms with Crippen molar-refractivity contribution >= 4 is 0 Å². The van der Waals surface area contributed by atoms with Gasteiger partial charge in [0.05, 0.1) is 6.42 Å². The summed E-state index contributed by atoms with van der Waals surface area (Å²) in [5.74, 6) is 0. The van der Waals surface area contributed by atoms with Crippen LogP contribution in [0.4, 0.5) is 13.2 Å². The Bertz CT molecular complexity index is 378. The van der Waals surface area contributed by atoms with Crippen LogP contribution in [0.15, 0.2) is 30.3 Å². The second-order valence-corrected chi connectivity index (χ2v) is 5.00. The minimum Gasteiger partial charge on any atom is -0.312 e. The largest absolute Gasteiger partial charge is 0.390 e. The second-order valence-electron chi connectivity index (χ2n) is 5.00. The van der Waals surface area contributed by atoms with E-state index in [9.17, 15) is 13.2 Å². The number of rotatable bonds is 7. The van der Waals surface area contributed by atoms with Crippen LogP contribution in [0.5, 0.6) is 0 Å². The van der Waals surface area contributed by atoms with Crippen LogP contribution in [-0.2, 0) is 0 Å². The van der Waals surface area contributed by atoms with E-state index in [1.165, 1.54) is 0 Å². The molecule has 0 heterocycles. The molecule has 0 radical (unpaired) electrons. The summed E-state index contributed by atoms with van der Waals surface area (Å²) in [6.07, 6.45) is -4.09. The van der Waals surface area contributed by atoms with E-state index in [-0.39, 0.29) is 18.6 Å². The first-order valence-electron chi connectivity index (χ1n) is 6.88. The lowest BCUT2D eigenvalue weighted by Crippen LogP contribution is -2.42. The number of benzene rings is 1. The molecule has 1 aromatic rings. The number of nitrogens with one attached hydrogen (secondary N) is 1. The van der Waals surface area contributed by atoms with Crippen LogP contribution in [0.2, 0.25) is 0 Å². The Balaban J connectivity index is 2.76. The summed E-state index contributed by atoms with van der Waals surface area (Å²) < 4.78 is 37.0. The molecule has 2 unspecified atom stereocenters. The third-order valence-electron chi connectivity index (χ3n) is 3.59. The molecule has 0 aliphatic carbocycles. The van der Waals surface area contributed by atoms with E-state index in [1.807, 2.05) is 44.3 Å². The van der Waals surface area contributed by atoms with Gasteiger partial charge in [0.1, 0.15) is 0 Å². The molecule has 0 aromatic heterocycles. The number of nitrogens with zero attached hydrogens (tertiary/aromatic N) is 1. The third-order valence-corrected chi connectivity index (χ3v) is 3.59. The zero-order valence-electron chi connectivity index (χ0n) is 12.2. The van der Waals surface area contributed by atoms with Crippen molar-refractivity contribution in [3.63, 3.8) is 0 Å². The van der Waals surface area contributed by atoms with Crippen LogP contribution in [0.3, 0.4) is 0 Å². The van der Waals surface area contributed by atoms with Gasteiger partial charge in [-0.3, -0.25) is 0 Å². The second kappa shape index (κ2) is 7.64. The molecule has 5 heteroatoms. The van der Waals surface area contributed by atoms with E-state index < -0.39 is 12.6 Å². The predicted octanol–water partition coefficient (Wildman–Crippen LogP) is 3.61. The average molecular weight is 288 g/mol. The Morgan fingerprint density at radius 1 is 1.20 bits per heavy atom. The van der Waals surface area contributed by atoms with E-state index in [2.05, 4.69) is 5.32 Å². The van der Waals surface area contributed by atoms with Crippen LogP contribution in [0.1, 0.15) is 31.4 Å². The number of hydrogen-bond acceptors (Lipinski definition) is 2. The van der Waals surface area contributed by atoms with E-state index in [4.69, 9.17) is 0 Å². The predicted molar refractivity (Wildman–Crippen MR) is 75.6 cm³/mol. The van der Waals surface area contributed by atoms with Gasteiger partial charge < -0.3 is 10.2 Å². The number of likely N-dealkylation sites (N-methyl/N-ethyl adjacent to an activating group) is 2. The van der Waals surface area contributed by atoms with E-state index in [1.54, 1.807) is 11.9 Å². The topological polar surface area (TPSA) is 15.3 Å².